The molecule has 2 atom stereocenters. The van der Waals surface area contributed by atoms with E-state index >= 15 is 0 Å². The van der Waals surface area contributed by atoms with E-state index in [9.17, 15) is 14.3 Å². The van der Waals surface area contributed by atoms with Gasteiger partial charge in [0.1, 0.15) is 23.3 Å². The van der Waals surface area contributed by atoms with Gasteiger partial charge in [-0.1, -0.05) is 0 Å². The van der Waals surface area contributed by atoms with Crippen LogP contribution < -0.4 is 5.32 Å². The van der Waals surface area contributed by atoms with E-state index < -0.39 is 17.7 Å². The Labute approximate surface area is 152 Å². The summed E-state index contributed by atoms with van der Waals surface area (Å²) >= 11 is 0. The number of carboxylic acids is 1. The van der Waals surface area contributed by atoms with Crippen LogP contribution in [0.15, 0.2) is 31.0 Å². The number of halogens is 1. The third-order valence-corrected chi connectivity index (χ3v) is 4.53. The molecule has 0 aromatic carbocycles. The van der Waals surface area contributed by atoms with Crippen molar-refractivity contribution in [3.8, 4) is 11.4 Å². The Balaban J connectivity index is 1.82. The van der Waals surface area contributed by atoms with Crippen LogP contribution >= 0.6 is 0 Å². The van der Waals surface area contributed by atoms with Gasteiger partial charge in [-0.3, -0.25) is 4.79 Å². The van der Waals surface area contributed by atoms with Crippen molar-refractivity contribution >= 4 is 28.3 Å². The summed E-state index contributed by atoms with van der Waals surface area (Å²) in [6, 6.07) is 0.976. The Morgan fingerprint density at radius 2 is 2.19 bits per heavy atom. The molecule has 9 nitrogen and oxygen atoms in total. The van der Waals surface area contributed by atoms with Gasteiger partial charge >= 0.3 is 5.97 Å². The minimum Gasteiger partial charge on any atom is -0.481 e. The molecule has 0 saturated carbocycles. The lowest BCUT2D eigenvalue weighted by atomic mass is 10.0. The van der Waals surface area contributed by atoms with Gasteiger partial charge in [0.2, 0.25) is 0 Å². The number of imidazole rings is 1. The van der Waals surface area contributed by atoms with Gasteiger partial charge in [0, 0.05) is 23.2 Å². The highest BCUT2D eigenvalue weighted by atomic mass is 19.1. The van der Waals surface area contributed by atoms with Crippen LogP contribution in [0.25, 0.3) is 27.9 Å². The topological polar surface area (TPSA) is 121 Å². The summed E-state index contributed by atoms with van der Waals surface area (Å²) in [7, 11) is 0. The number of anilines is 1. The molecule has 3 N–H and O–H groups in total. The van der Waals surface area contributed by atoms with Gasteiger partial charge in [0.25, 0.3) is 0 Å². The summed E-state index contributed by atoms with van der Waals surface area (Å²) in [4.78, 5) is 26.8. The van der Waals surface area contributed by atoms with E-state index in [0.717, 1.165) is 6.20 Å². The number of carboxylic acid groups (broad SMARTS) is 1. The van der Waals surface area contributed by atoms with Crippen molar-refractivity contribution in [3.63, 3.8) is 0 Å². The molecule has 0 unspecified atom stereocenters. The highest BCUT2D eigenvalue weighted by Gasteiger charge is 2.22. The third-order valence-electron chi connectivity index (χ3n) is 4.53. The number of carbonyl (C=O) groups is 1. The van der Waals surface area contributed by atoms with Crippen LogP contribution in [0.3, 0.4) is 0 Å². The van der Waals surface area contributed by atoms with Crippen molar-refractivity contribution < 1.29 is 14.3 Å². The van der Waals surface area contributed by atoms with E-state index in [1.165, 1.54) is 16.9 Å². The van der Waals surface area contributed by atoms with E-state index in [1.54, 1.807) is 26.2 Å². The SMILES string of the molecule is C[C@H](Nc1nc(-c2c[nH]c3ncc(F)cc23)nn2cncc12)[C@H](C)C(=O)O. The van der Waals surface area contributed by atoms with Gasteiger partial charge in [-0.25, -0.2) is 23.9 Å². The van der Waals surface area contributed by atoms with Crippen LogP contribution in [-0.4, -0.2) is 46.7 Å². The highest BCUT2D eigenvalue weighted by Crippen LogP contribution is 2.27. The number of nitrogens with one attached hydrogen (secondary N) is 2. The third kappa shape index (κ3) is 2.94. The van der Waals surface area contributed by atoms with Gasteiger partial charge in [-0.05, 0) is 19.9 Å². The maximum atomic E-state index is 13.6. The molecule has 0 aliphatic heterocycles. The Bertz CT molecular complexity index is 1150. The monoisotopic (exact) mass is 369 g/mol. The largest absolute Gasteiger partial charge is 0.481 e. The van der Waals surface area contributed by atoms with Crippen LogP contribution in [-0.2, 0) is 4.79 Å². The second-order valence-corrected chi connectivity index (χ2v) is 6.32. The number of aromatic nitrogens is 6. The maximum Gasteiger partial charge on any atom is 0.308 e. The fourth-order valence-corrected chi connectivity index (χ4v) is 2.76. The van der Waals surface area contributed by atoms with Crippen molar-refractivity contribution in [2.45, 2.75) is 19.9 Å². The molecule has 0 amide bonds. The Morgan fingerprint density at radius 3 is 2.96 bits per heavy atom. The fraction of sp³-hybridized carbons (Fsp3) is 0.235. The Morgan fingerprint density at radius 1 is 1.37 bits per heavy atom. The average Bonchev–Trinajstić information content (AvgIpc) is 3.26. The molecule has 0 radical (unpaired) electrons. The first-order valence-electron chi connectivity index (χ1n) is 8.26. The average molecular weight is 369 g/mol. The minimum atomic E-state index is -0.910. The number of aliphatic carboxylic acids is 1. The summed E-state index contributed by atoms with van der Waals surface area (Å²) in [5.74, 6) is -1.23. The van der Waals surface area contributed by atoms with E-state index in [2.05, 4.69) is 30.4 Å². The van der Waals surface area contributed by atoms with Crippen molar-refractivity contribution in [1.82, 2.24) is 29.5 Å². The molecule has 0 aliphatic rings. The van der Waals surface area contributed by atoms with Crippen LogP contribution in [0.1, 0.15) is 13.8 Å². The molecule has 4 heterocycles. The smallest absolute Gasteiger partial charge is 0.308 e. The number of rotatable bonds is 5. The van der Waals surface area contributed by atoms with Crippen molar-refractivity contribution in [1.29, 1.82) is 0 Å². The molecular weight excluding hydrogens is 353 g/mol. The predicted molar refractivity (Wildman–Crippen MR) is 95.7 cm³/mol. The van der Waals surface area contributed by atoms with Gasteiger partial charge in [-0.15, -0.1) is 5.10 Å². The van der Waals surface area contributed by atoms with Crippen LogP contribution in [0.5, 0.6) is 0 Å². The second kappa shape index (κ2) is 6.31. The molecule has 0 saturated heterocycles. The van der Waals surface area contributed by atoms with Gasteiger partial charge in [0.15, 0.2) is 11.6 Å². The van der Waals surface area contributed by atoms with Gasteiger partial charge in [-0.2, -0.15) is 0 Å². The second-order valence-electron chi connectivity index (χ2n) is 6.32. The van der Waals surface area contributed by atoms with Crippen molar-refractivity contribution in [2.75, 3.05) is 5.32 Å². The fourth-order valence-electron chi connectivity index (χ4n) is 2.76. The Kier molecular flexibility index (Phi) is 3.94. The lowest BCUT2D eigenvalue weighted by Gasteiger charge is -2.19. The van der Waals surface area contributed by atoms with E-state index in [-0.39, 0.29) is 6.04 Å². The first-order valence-corrected chi connectivity index (χ1v) is 8.26. The minimum absolute atomic E-state index is 0.330. The molecular formula is C17H16FN7O2. The summed E-state index contributed by atoms with van der Waals surface area (Å²) in [6.07, 6.45) is 5.89. The quantitative estimate of drug-likeness (QED) is 0.493. The standard InChI is InChI=1S/C17H16FN7O2/c1-8(17(26)27)9(2)22-16-13-6-19-7-25(13)24-15(23-16)12-5-21-14-11(12)3-10(18)4-20-14/h3-9H,1-2H3,(H,20,21)(H,26,27)(H,22,23,24)/t8-,9-/m0/s1. The van der Waals surface area contributed by atoms with Gasteiger partial charge < -0.3 is 15.4 Å². The molecule has 4 aromatic heterocycles. The maximum absolute atomic E-state index is 13.6. The Hall–Kier alpha value is -3.56. The molecule has 0 spiro atoms. The number of hydrogen-bond acceptors (Lipinski definition) is 6. The molecule has 0 bridgehead atoms. The molecule has 27 heavy (non-hydrogen) atoms. The zero-order chi connectivity index (χ0) is 19.1. The summed E-state index contributed by atoms with van der Waals surface area (Å²) in [5, 5.41) is 17.3. The first kappa shape index (κ1) is 16.9. The van der Waals surface area contributed by atoms with Crippen molar-refractivity contribution in [2.24, 2.45) is 5.92 Å². The lowest BCUT2D eigenvalue weighted by molar-refractivity contribution is -0.141. The predicted octanol–water partition coefficient (Wildman–Crippen LogP) is 2.33. The number of nitrogens with zero attached hydrogens (tertiary/aromatic N) is 5. The molecule has 0 aliphatic carbocycles. The van der Waals surface area contributed by atoms with Gasteiger partial charge in [0.05, 0.1) is 18.3 Å². The lowest BCUT2D eigenvalue weighted by Crippen LogP contribution is -2.30. The number of fused-ring (bicyclic) bond motifs is 2. The first-order chi connectivity index (χ1) is 12.9. The molecule has 0 fully saturated rings. The molecule has 10 heteroatoms. The molecule has 4 rings (SSSR count). The normalized spacial score (nSPS) is 13.7. The van der Waals surface area contributed by atoms with Crippen molar-refractivity contribution in [3.05, 3.63) is 36.8 Å². The summed E-state index contributed by atoms with van der Waals surface area (Å²) in [5.41, 5.74) is 1.70. The van der Waals surface area contributed by atoms with Crippen LogP contribution in [0.4, 0.5) is 10.2 Å². The van der Waals surface area contributed by atoms with E-state index in [4.69, 9.17) is 0 Å². The summed E-state index contributed by atoms with van der Waals surface area (Å²) in [6.45, 7) is 3.38. The zero-order valence-electron chi connectivity index (χ0n) is 14.5. The molecule has 138 valence electrons. The van der Waals surface area contributed by atoms with Crippen LogP contribution in [0.2, 0.25) is 0 Å². The number of hydrogen-bond donors (Lipinski definition) is 3. The van der Waals surface area contributed by atoms with E-state index in [1.807, 2.05) is 0 Å². The highest BCUT2D eigenvalue weighted by molar-refractivity contribution is 5.92. The number of pyridine rings is 1. The number of aromatic amines is 1. The van der Waals surface area contributed by atoms with Crippen LogP contribution in [0, 0.1) is 11.7 Å². The number of H-pyrrole nitrogens is 1. The summed E-state index contributed by atoms with van der Waals surface area (Å²) < 4.78 is 15.2. The zero-order valence-corrected chi connectivity index (χ0v) is 14.5. The van der Waals surface area contributed by atoms with E-state index in [0.29, 0.717) is 33.8 Å². The molecule has 4 aromatic rings.